The Labute approximate surface area is 87.0 Å². The van der Waals surface area contributed by atoms with E-state index in [0.717, 1.165) is 0 Å². The summed E-state index contributed by atoms with van der Waals surface area (Å²) in [5, 5.41) is 17.7. The molecular weight excluding hydrogens is 204 g/mol. The van der Waals surface area contributed by atoms with Gasteiger partial charge in [0.2, 0.25) is 0 Å². The van der Waals surface area contributed by atoms with Crippen molar-refractivity contribution in [2.75, 3.05) is 6.61 Å². The van der Waals surface area contributed by atoms with Gasteiger partial charge >= 0.3 is 7.12 Å². The Morgan fingerprint density at radius 3 is 2.93 bits per heavy atom. The number of hydrogen-bond donors (Lipinski definition) is 2. The second-order valence-electron chi connectivity index (χ2n) is 2.50. The number of rotatable bonds is 4. The molecule has 0 fully saturated rings. The summed E-state index contributed by atoms with van der Waals surface area (Å²) < 4.78 is 5.18. The molecule has 0 saturated carbocycles. The Kier molecular flexibility index (Phi) is 4.45. The number of ether oxygens (including phenoxy) is 1. The average Bonchev–Trinajstić information content (AvgIpc) is 2.19. The topological polar surface area (TPSA) is 62.6 Å². The molecule has 0 aliphatic heterocycles. The fourth-order valence-corrected chi connectivity index (χ4v) is 0.909. The molecule has 14 heavy (non-hydrogen) atoms. The molecule has 0 aromatic carbocycles. The van der Waals surface area contributed by atoms with Crippen LogP contribution in [0.4, 0.5) is 0 Å². The van der Waals surface area contributed by atoms with Gasteiger partial charge in [0.25, 0.3) is 0 Å². The van der Waals surface area contributed by atoms with Crippen LogP contribution in [0.15, 0.2) is 30.1 Å². The van der Waals surface area contributed by atoms with Gasteiger partial charge < -0.3 is 14.8 Å². The molecular formula is C8H9BClNO3. The number of pyridine rings is 1. The SMILES string of the molecule is OB(O)c1cncc(OC/C=C/Cl)c1. The van der Waals surface area contributed by atoms with Gasteiger partial charge in [0.05, 0.1) is 6.20 Å². The van der Waals surface area contributed by atoms with E-state index in [1.807, 2.05) is 0 Å². The summed E-state index contributed by atoms with van der Waals surface area (Å²) in [6.45, 7) is 0.316. The van der Waals surface area contributed by atoms with Crippen molar-refractivity contribution < 1.29 is 14.8 Å². The Bertz CT molecular complexity index is 319. The zero-order valence-corrected chi connectivity index (χ0v) is 8.05. The molecule has 0 amide bonds. The third-order valence-electron chi connectivity index (χ3n) is 1.47. The van der Waals surface area contributed by atoms with E-state index in [-0.39, 0.29) is 5.46 Å². The summed E-state index contributed by atoms with van der Waals surface area (Å²) in [7, 11) is -1.53. The molecule has 1 aromatic heterocycles. The zero-order chi connectivity index (χ0) is 10.4. The first kappa shape index (κ1) is 11.0. The minimum Gasteiger partial charge on any atom is -0.488 e. The molecule has 0 atom stereocenters. The van der Waals surface area contributed by atoms with Crippen LogP contribution in [0.1, 0.15) is 0 Å². The maximum atomic E-state index is 8.84. The normalized spacial score (nSPS) is 10.5. The quantitative estimate of drug-likeness (QED) is 0.685. The molecule has 0 saturated heterocycles. The number of halogens is 1. The van der Waals surface area contributed by atoms with E-state index in [4.69, 9.17) is 26.4 Å². The van der Waals surface area contributed by atoms with Gasteiger partial charge in [-0.1, -0.05) is 11.6 Å². The van der Waals surface area contributed by atoms with E-state index < -0.39 is 7.12 Å². The van der Waals surface area contributed by atoms with Gasteiger partial charge in [-0.2, -0.15) is 0 Å². The summed E-state index contributed by atoms with van der Waals surface area (Å²) >= 11 is 5.29. The Morgan fingerprint density at radius 1 is 1.50 bits per heavy atom. The van der Waals surface area contributed by atoms with Gasteiger partial charge in [0.1, 0.15) is 12.4 Å². The van der Waals surface area contributed by atoms with E-state index in [2.05, 4.69) is 4.98 Å². The maximum absolute atomic E-state index is 8.84. The van der Waals surface area contributed by atoms with E-state index in [0.29, 0.717) is 12.4 Å². The predicted octanol–water partition coefficient (Wildman–Crippen LogP) is -0.107. The summed E-state index contributed by atoms with van der Waals surface area (Å²) in [5.74, 6) is 0.463. The molecule has 0 radical (unpaired) electrons. The summed E-state index contributed by atoms with van der Waals surface area (Å²) in [6, 6.07) is 1.50. The Balaban J connectivity index is 2.64. The summed E-state index contributed by atoms with van der Waals surface area (Å²) in [4.78, 5) is 3.78. The Hall–Kier alpha value is -1.04. The number of aromatic nitrogens is 1. The van der Waals surface area contributed by atoms with Crippen LogP contribution in [0, 0.1) is 0 Å². The second kappa shape index (κ2) is 5.64. The van der Waals surface area contributed by atoms with E-state index in [1.165, 1.54) is 24.0 Å². The fraction of sp³-hybridized carbons (Fsp3) is 0.125. The van der Waals surface area contributed by atoms with Gasteiger partial charge in [-0.3, -0.25) is 4.98 Å². The maximum Gasteiger partial charge on any atom is 0.490 e. The molecule has 74 valence electrons. The number of nitrogens with zero attached hydrogens (tertiary/aromatic N) is 1. The average molecular weight is 213 g/mol. The molecule has 4 nitrogen and oxygen atoms in total. The minimum atomic E-state index is -1.53. The van der Waals surface area contributed by atoms with Crippen LogP contribution in [-0.2, 0) is 0 Å². The summed E-state index contributed by atoms with van der Waals surface area (Å²) in [6.07, 6.45) is 4.45. The first-order chi connectivity index (χ1) is 6.74. The van der Waals surface area contributed by atoms with Crippen molar-refractivity contribution >= 4 is 24.2 Å². The first-order valence-electron chi connectivity index (χ1n) is 3.93. The van der Waals surface area contributed by atoms with Crippen LogP contribution < -0.4 is 10.2 Å². The lowest BCUT2D eigenvalue weighted by Gasteiger charge is -2.04. The molecule has 1 rings (SSSR count). The third-order valence-corrected chi connectivity index (χ3v) is 1.65. The monoisotopic (exact) mass is 213 g/mol. The van der Waals surface area contributed by atoms with Crippen LogP contribution >= 0.6 is 11.6 Å². The van der Waals surface area contributed by atoms with Crippen molar-refractivity contribution in [2.24, 2.45) is 0 Å². The van der Waals surface area contributed by atoms with Crippen LogP contribution in [-0.4, -0.2) is 28.8 Å². The van der Waals surface area contributed by atoms with Crippen LogP contribution in [0.5, 0.6) is 5.75 Å². The highest BCUT2D eigenvalue weighted by Crippen LogP contribution is 2.05. The first-order valence-corrected chi connectivity index (χ1v) is 4.37. The third kappa shape index (κ3) is 3.37. The van der Waals surface area contributed by atoms with E-state index in [1.54, 1.807) is 6.08 Å². The van der Waals surface area contributed by atoms with E-state index >= 15 is 0 Å². The molecule has 2 N–H and O–H groups in total. The van der Waals surface area contributed by atoms with Crippen LogP contribution in [0.3, 0.4) is 0 Å². The molecule has 0 aliphatic carbocycles. The highest BCUT2D eigenvalue weighted by molar-refractivity contribution is 6.58. The predicted molar refractivity (Wildman–Crippen MR) is 54.6 cm³/mol. The Morgan fingerprint density at radius 2 is 2.29 bits per heavy atom. The van der Waals surface area contributed by atoms with Crippen molar-refractivity contribution in [1.29, 1.82) is 0 Å². The number of hydrogen-bond acceptors (Lipinski definition) is 4. The second-order valence-corrected chi connectivity index (χ2v) is 2.75. The largest absolute Gasteiger partial charge is 0.490 e. The standard InChI is InChI=1S/C8H9BClNO3/c10-2-1-3-14-8-4-7(9(12)13)5-11-6-8/h1-2,4-6,12-13H,3H2/b2-1+. The zero-order valence-electron chi connectivity index (χ0n) is 7.30. The van der Waals surface area contributed by atoms with Crippen molar-refractivity contribution in [3.8, 4) is 5.75 Å². The van der Waals surface area contributed by atoms with Crippen molar-refractivity contribution in [2.45, 2.75) is 0 Å². The molecule has 1 aromatic rings. The smallest absolute Gasteiger partial charge is 0.488 e. The molecule has 0 aliphatic rings. The minimum absolute atomic E-state index is 0.289. The van der Waals surface area contributed by atoms with Gasteiger partial charge in [0.15, 0.2) is 0 Å². The summed E-state index contributed by atoms with van der Waals surface area (Å²) in [5.41, 5.74) is 1.63. The molecule has 0 unspecified atom stereocenters. The van der Waals surface area contributed by atoms with Gasteiger partial charge in [-0.15, -0.1) is 0 Å². The van der Waals surface area contributed by atoms with Crippen LogP contribution in [0.25, 0.3) is 0 Å². The lowest BCUT2D eigenvalue weighted by atomic mass is 9.82. The fourth-order valence-electron chi connectivity index (χ4n) is 0.836. The van der Waals surface area contributed by atoms with Crippen molar-refractivity contribution in [3.63, 3.8) is 0 Å². The molecule has 6 heteroatoms. The van der Waals surface area contributed by atoms with Crippen LogP contribution in [0.2, 0.25) is 0 Å². The van der Waals surface area contributed by atoms with Crippen molar-refractivity contribution in [3.05, 3.63) is 30.1 Å². The molecule has 0 spiro atoms. The molecule has 1 heterocycles. The lowest BCUT2D eigenvalue weighted by molar-refractivity contribution is 0.361. The van der Waals surface area contributed by atoms with Gasteiger partial charge in [-0.25, -0.2) is 0 Å². The lowest BCUT2D eigenvalue weighted by Crippen LogP contribution is -2.30. The highest BCUT2D eigenvalue weighted by Gasteiger charge is 2.11. The van der Waals surface area contributed by atoms with Gasteiger partial charge in [-0.05, 0) is 12.1 Å². The van der Waals surface area contributed by atoms with Gasteiger partial charge in [0, 0.05) is 17.2 Å². The highest BCUT2D eigenvalue weighted by atomic mass is 35.5. The van der Waals surface area contributed by atoms with Crippen molar-refractivity contribution in [1.82, 2.24) is 4.98 Å². The molecule has 0 bridgehead atoms. The van der Waals surface area contributed by atoms with E-state index in [9.17, 15) is 0 Å².